The molecule has 0 aliphatic heterocycles. The maximum Gasteiger partial charge on any atom is 0.147 e. The van der Waals surface area contributed by atoms with E-state index in [1.54, 1.807) is 14.0 Å². The fourth-order valence-electron chi connectivity index (χ4n) is 0.797. The second kappa shape index (κ2) is 5.95. The molecule has 0 aliphatic carbocycles. The smallest absolute Gasteiger partial charge is 0.147 e. The van der Waals surface area contributed by atoms with Crippen LogP contribution in [0.4, 0.5) is 5.82 Å². The second-order valence-corrected chi connectivity index (χ2v) is 2.04. The van der Waals surface area contributed by atoms with Crippen LogP contribution >= 0.6 is 0 Å². The van der Waals surface area contributed by atoms with E-state index in [4.69, 9.17) is 5.26 Å². The van der Waals surface area contributed by atoms with E-state index in [2.05, 4.69) is 15.3 Å². The molecule has 4 heteroatoms. The third kappa shape index (κ3) is 2.71. The fraction of sp³-hybridized carbons (Fsp3) is 0.444. The van der Waals surface area contributed by atoms with Gasteiger partial charge >= 0.3 is 0 Å². The summed E-state index contributed by atoms with van der Waals surface area (Å²) in [5.74, 6) is 0.583. The predicted molar refractivity (Wildman–Crippen MR) is 52.4 cm³/mol. The Morgan fingerprint density at radius 1 is 1.38 bits per heavy atom. The molecule has 0 radical (unpaired) electrons. The zero-order chi connectivity index (χ0) is 10.3. The number of aryl methyl sites for hydroxylation is 1. The highest BCUT2D eigenvalue weighted by Gasteiger charge is 2.03. The van der Waals surface area contributed by atoms with Gasteiger partial charge < -0.3 is 5.32 Å². The number of nitrogens with zero attached hydrogens (tertiary/aromatic N) is 3. The van der Waals surface area contributed by atoms with Crippen LogP contribution in [-0.4, -0.2) is 17.0 Å². The molecule has 1 N–H and O–H groups in total. The number of nitriles is 1. The van der Waals surface area contributed by atoms with E-state index in [1.165, 1.54) is 6.33 Å². The molecule has 0 spiro atoms. The van der Waals surface area contributed by atoms with Gasteiger partial charge in [-0.05, 0) is 6.92 Å². The van der Waals surface area contributed by atoms with Crippen molar-refractivity contribution in [3.8, 4) is 6.07 Å². The Balaban J connectivity index is 0.000000671. The zero-order valence-electron chi connectivity index (χ0n) is 8.42. The number of anilines is 1. The van der Waals surface area contributed by atoms with Crippen LogP contribution in [0, 0.1) is 18.3 Å². The third-order valence-electron chi connectivity index (χ3n) is 1.39. The van der Waals surface area contributed by atoms with Crippen LogP contribution < -0.4 is 5.32 Å². The lowest BCUT2D eigenvalue weighted by Gasteiger charge is -2.01. The van der Waals surface area contributed by atoms with Gasteiger partial charge in [-0.2, -0.15) is 5.26 Å². The van der Waals surface area contributed by atoms with Crippen LogP contribution in [-0.2, 0) is 0 Å². The summed E-state index contributed by atoms with van der Waals surface area (Å²) in [6.07, 6.45) is 1.43. The summed E-state index contributed by atoms with van der Waals surface area (Å²) in [4.78, 5) is 7.77. The summed E-state index contributed by atoms with van der Waals surface area (Å²) in [5, 5.41) is 11.5. The first-order chi connectivity index (χ1) is 6.29. The summed E-state index contributed by atoms with van der Waals surface area (Å²) in [7, 11) is 1.72. The second-order valence-electron chi connectivity index (χ2n) is 2.04. The Labute approximate surface area is 78.6 Å². The molecule has 13 heavy (non-hydrogen) atoms. The number of aromatic nitrogens is 2. The number of hydrogen-bond donors (Lipinski definition) is 1. The van der Waals surface area contributed by atoms with Gasteiger partial charge in [-0.3, -0.25) is 0 Å². The Bertz CT molecular complexity index is 301. The van der Waals surface area contributed by atoms with Gasteiger partial charge in [0.25, 0.3) is 0 Å². The minimum absolute atomic E-state index is 0.509. The van der Waals surface area contributed by atoms with Crippen LogP contribution in [0.25, 0.3) is 0 Å². The minimum atomic E-state index is 0.509. The topological polar surface area (TPSA) is 61.6 Å². The van der Waals surface area contributed by atoms with Gasteiger partial charge in [-0.1, -0.05) is 13.8 Å². The Morgan fingerprint density at radius 3 is 2.38 bits per heavy atom. The van der Waals surface area contributed by atoms with E-state index < -0.39 is 0 Å². The molecular formula is C9H14N4. The largest absolute Gasteiger partial charge is 0.372 e. The third-order valence-corrected chi connectivity index (χ3v) is 1.39. The highest BCUT2D eigenvalue weighted by molar-refractivity contribution is 5.52. The first kappa shape index (κ1) is 11.4. The number of rotatable bonds is 1. The van der Waals surface area contributed by atoms with Crippen molar-refractivity contribution in [1.82, 2.24) is 9.97 Å². The standard InChI is InChI=1S/C7H8N4.C2H6/c1-5-6(3-8)7(9-2)11-4-10-5;1-2/h4H,1-2H3,(H,9,10,11);1-2H3. The average molecular weight is 178 g/mol. The Morgan fingerprint density at radius 2 is 2.00 bits per heavy atom. The van der Waals surface area contributed by atoms with Gasteiger partial charge in [0, 0.05) is 7.05 Å². The van der Waals surface area contributed by atoms with Crippen molar-refractivity contribution in [3.63, 3.8) is 0 Å². The molecule has 1 heterocycles. The van der Waals surface area contributed by atoms with Crippen LogP contribution in [0.1, 0.15) is 25.1 Å². The maximum atomic E-state index is 8.66. The van der Waals surface area contributed by atoms with Crippen LogP contribution in [0.3, 0.4) is 0 Å². The van der Waals surface area contributed by atoms with E-state index in [-0.39, 0.29) is 0 Å². The van der Waals surface area contributed by atoms with Gasteiger partial charge in [0.15, 0.2) is 0 Å². The van der Waals surface area contributed by atoms with Crippen molar-refractivity contribution < 1.29 is 0 Å². The van der Waals surface area contributed by atoms with Crippen LogP contribution in [0.2, 0.25) is 0 Å². The van der Waals surface area contributed by atoms with Crippen molar-refractivity contribution in [2.45, 2.75) is 20.8 Å². The van der Waals surface area contributed by atoms with Gasteiger partial charge in [0.1, 0.15) is 23.8 Å². The highest BCUT2D eigenvalue weighted by Crippen LogP contribution is 2.11. The molecule has 70 valence electrons. The van der Waals surface area contributed by atoms with E-state index in [0.29, 0.717) is 17.1 Å². The lowest BCUT2D eigenvalue weighted by Crippen LogP contribution is -1.99. The lowest BCUT2D eigenvalue weighted by molar-refractivity contribution is 1.08. The van der Waals surface area contributed by atoms with Crippen molar-refractivity contribution in [2.24, 2.45) is 0 Å². The van der Waals surface area contributed by atoms with Gasteiger partial charge in [0.05, 0.1) is 5.69 Å². The van der Waals surface area contributed by atoms with E-state index >= 15 is 0 Å². The molecule has 0 unspecified atom stereocenters. The maximum absolute atomic E-state index is 8.66. The van der Waals surface area contributed by atoms with Gasteiger partial charge in [-0.25, -0.2) is 9.97 Å². The number of nitrogens with one attached hydrogen (secondary N) is 1. The molecule has 0 fully saturated rings. The average Bonchev–Trinajstić information content (AvgIpc) is 2.20. The SMILES string of the molecule is CC.CNc1ncnc(C)c1C#N. The summed E-state index contributed by atoms with van der Waals surface area (Å²) < 4.78 is 0. The molecule has 0 atom stereocenters. The van der Waals surface area contributed by atoms with Crippen molar-refractivity contribution in [2.75, 3.05) is 12.4 Å². The van der Waals surface area contributed by atoms with E-state index in [9.17, 15) is 0 Å². The van der Waals surface area contributed by atoms with Gasteiger partial charge in [-0.15, -0.1) is 0 Å². The lowest BCUT2D eigenvalue weighted by atomic mass is 10.2. The highest BCUT2D eigenvalue weighted by atomic mass is 15.0. The van der Waals surface area contributed by atoms with Crippen molar-refractivity contribution >= 4 is 5.82 Å². The Hall–Kier alpha value is -1.63. The number of hydrogen-bond acceptors (Lipinski definition) is 4. The molecule has 1 aromatic heterocycles. The molecule has 0 aliphatic rings. The Kier molecular flexibility index (Phi) is 5.20. The van der Waals surface area contributed by atoms with Crippen LogP contribution in [0.15, 0.2) is 6.33 Å². The first-order valence-corrected chi connectivity index (χ1v) is 4.19. The zero-order valence-corrected chi connectivity index (χ0v) is 8.42. The predicted octanol–water partition coefficient (Wildman–Crippen LogP) is 1.72. The molecule has 0 saturated carbocycles. The van der Waals surface area contributed by atoms with Crippen molar-refractivity contribution in [3.05, 3.63) is 17.6 Å². The monoisotopic (exact) mass is 178 g/mol. The molecule has 4 nitrogen and oxygen atoms in total. The normalized spacial score (nSPS) is 7.92. The summed E-state index contributed by atoms with van der Waals surface area (Å²) in [6, 6.07) is 2.03. The summed E-state index contributed by atoms with van der Waals surface area (Å²) in [6.45, 7) is 5.78. The molecule has 0 bridgehead atoms. The molecule has 1 aromatic rings. The molecule has 0 amide bonds. The van der Waals surface area contributed by atoms with Crippen molar-refractivity contribution in [1.29, 1.82) is 5.26 Å². The summed E-state index contributed by atoms with van der Waals surface area (Å²) in [5.41, 5.74) is 1.21. The van der Waals surface area contributed by atoms with Crippen LogP contribution in [0.5, 0.6) is 0 Å². The quantitative estimate of drug-likeness (QED) is 0.711. The summed E-state index contributed by atoms with van der Waals surface area (Å²) >= 11 is 0. The minimum Gasteiger partial charge on any atom is -0.372 e. The molecule has 0 aromatic carbocycles. The van der Waals surface area contributed by atoms with E-state index in [1.807, 2.05) is 19.9 Å². The van der Waals surface area contributed by atoms with Gasteiger partial charge in [0.2, 0.25) is 0 Å². The van der Waals surface area contributed by atoms with E-state index in [0.717, 1.165) is 0 Å². The molecular weight excluding hydrogens is 164 g/mol. The fourth-order valence-corrected chi connectivity index (χ4v) is 0.797. The molecule has 0 saturated heterocycles. The molecule has 1 rings (SSSR count). The first-order valence-electron chi connectivity index (χ1n) is 4.19.